The highest BCUT2D eigenvalue weighted by Gasteiger charge is 2.28. The summed E-state index contributed by atoms with van der Waals surface area (Å²) in [6.07, 6.45) is -3.88. The minimum atomic E-state index is -4.44. The van der Waals surface area contributed by atoms with Crippen molar-refractivity contribution in [3.05, 3.63) is 21.4 Å². The first kappa shape index (κ1) is 12.7. The number of rotatable bonds is 3. The summed E-state index contributed by atoms with van der Waals surface area (Å²) in [6, 6.07) is 1.46. The molecule has 88 valence electrons. The molecule has 0 spiro atoms. The van der Waals surface area contributed by atoms with E-state index in [9.17, 15) is 22.8 Å². The highest BCUT2D eigenvalue weighted by Crippen LogP contribution is 2.20. The Hall–Kier alpha value is -1.37. The van der Waals surface area contributed by atoms with Crippen LogP contribution >= 0.6 is 11.3 Å². The van der Waals surface area contributed by atoms with Crippen LogP contribution in [0.1, 0.15) is 24.9 Å². The zero-order valence-electron chi connectivity index (χ0n) is 8.22. The molecular formula is C9H8F3NO2S. The molecular weight excluding hydrogens is 243 g/mol. The first-order valence-electron chi connectivity index (χ1n) is 4.24. The number of thiophene rings is 1. The van der Waals surface area contributed by atoms with Crippen LogP contribution in [0.25, 0.3) is 0 Å². The van der Waals surface area contributed by atoms with Crippen LogP contribution in [0.4, 0.5) is 13.2 Å². The molecule has 0 fully saturated rings. The summed E-state index contributed by atoms with van der Waals surface area (Å²) >= 11 is 0.871. The molecule has 0 bridgehead atoms. The molecule has 1 aromatic heterocycles. The Morgan fingerprint density at radius 2 is 2.19 bits per heavy atom. The highest BCUT2D eigenvalue weighted by molar-refractivity contribution is 7.15. The van der Waals surface area contributed by atoms with Gasteiger partial charge in [0.05, 0.1) is 9.75 Å². The lowest BCUT2D eigenvalue weighted by atomic mass is 10.2. The molecule has 0 radical (unpaired) electrons. The molecule has 0 aliphatic rings. The number of hydrogen-bond donors (Lipinski definition) is 1. The van der Waals surface area contributed by atoms with Gasteiger partial charge in [-0.2, -0.15) is 13.2 Å². The molecule has 7 heteroatoms. The monoisotopic (exact) mass is 251 g/mol. The molecule has 0 aromatic carbocycles. The van der Waals surface area contributed by atoms with Crippen LogP contribution < -0.4 is 5.32 Å². The molecule has 0 saturated carbocycles. The molecule has 0 aliphatic heterocycles. The normalized spacial score (nSPS) is 11.2. The van der Waals surface area contributed by atoms with Crippen LogP contribution in [0.3, 0.4) is 0 Å². The number of amides is 1. The van der Waals surface area contributed by atoms with Crippen molar-refractivity contribution in [2.45, 2.75) is 13.1 Å². The maximum absolute atomic E-state index is 11.8. The molecule has 16 heavy (non-hydrogen) atoms. The van der Waals surface area contributed by atoms with Gasteiger partial charge in [0.15, 0.2) is 6.29 Å². The quantitative estimate of drug-likeness (QED) is 0.837. The van der Waals surface area contributed by atoms with Crippen molar-refractivity contribution >= 4 is 23.5 Å². The second-order valence-corrected chi connectivity index (χ2v) is 4.16. The molecule has 0 aliphatic carbocycles. The SMILES string of the molecule is Cc1cc(C=O)sc1C(=O)NCC(F)(F)F. The zero-order valence-corrected chi connectivity index (χ0v) is 9.04. The van der Waals surface area contributed by atoms with Crippen molar-refractivity contribution < 1.29 is 22.8 Å². The number of carbonyl (C=O) groups is 2. The standard InChI is InChI=1S/C9H8F3NO2S/c1-5-2-6(3-14)16-7(5)8(15)13-4-9(10,11)12/h2-3H,4H2,1H3,(H,13,15). The fraction of sp³-hybridized carbons (Fsp3) is 0.333. The number of halogens is 3. The van der Waals surface area contributed by atoms with Gasteiger partial charge in [-0.25, -0.2) is 0 Å². The maximum Gasteiger partial charge on any atom is 0.405 e. The molecule has 1 heterocycles. The number of nitrogens with one attached hydrogen (secondary N) is 1. The lowest BCUT2D eigenvalue weighted by Gasteiger charge is -2.07. The van der Waals surface area contributed by atoms with Crippen molar-refractivity contribution in [2.24, 2.45) is 0 Å². The van der Waals surface area contributed by atoms with Gasteiger partial charge < -0.3 is 5.32 Å². The minimum Gasteiger partial charge on any atom is -0.342 e. The van der Waals surface area contributed by atoms with Crippen LogP contribution in [0.5, 0.6) is 0 Å². The summed E-state index contributed by atoms with van der Waals surface area (Å²) < 4.78 is 35.5. The Morgan fingerprint density at radius 3 is 2.62 bits per heavy atom. The molecule has 3 nitrogen and oxygen atoms in total. The molecule has 1 amide bonds. The first-order valence-corrected chi connectivity index (χ1v) is 5.05. The maximum atomic E-state index is 11.8. The average molecular weight is 251 g/mol. The second-order valence-electron chi connectivity index (χ2n) is 3.08. The van der Waals surface area contributed by atoms with E-state index in [0.29, 0.717) is 16.7 Å². The van der Waals surface area contributed by atoms with Gasteiger partial charge in [0.1, 0.15) is 6.54 Å². The predicted octanol–water partition coefficient (Wildman–Crippen LogP) is 2.16. The van der Waals surface area contributed by atoms with Crippen LogP contribution in [0.2, 0.25) is 0 Å². The van der Waals surface area contributed by atoms with E-state index in [2.05, 4.69) is 0 Å². The van der Waals surface area contributed by atoms with Crippen LogP contribution in [0.15, 0.2) is 6.07 Å². The van der Waals surface area contributed by atoms with Gasteiger partial charge in [-0.05, 0) is 18.6 Å². The average Bonchev–Trinajstić information content (AvgIpc) is 2.55. The van der Waals surface area contributed by atoms with E-state index in [0.717, 1.165) is 11.3 Å². The lowest BCUT2D eigenvalue weighted by molar-refractivity contribution is -0.123. The number of aryl methyl sites for hydroxylation is 1. The minimum absolute atomic E-state index is 0.131. The van der Waals surface area contributed by atoms with Gasteiger partial charge in [-0.3, -0.25) is 9.59 Å². The molecule has 1 N–H and O–H groups in total. The van der Waals surface area contributed by atoms with Gasteiger partial charge in [-0.15, -0.1) is 11.3 Å². The van der Waals surface area contributed by atoms with Gasteiger partial charge in [0.25, 0.3) is 5.91 Å². The fourth-order valence-electron chi connectivity index (χ4n) is 1.05. The third-order valence-electron chi connectivity index (χ3n) is 1.71. The van der Waals surface area contributed by atoms with Gasteiger partial charge in [-0.1, -0.05) is 0 Å². The van der Waals surface area contributed by atoms with Crippen molar-refractivity contribution in [3.63, 3.8) is 0 Å². The number of hydrogen-bond acceptors (Lipinski definition) is 3. The third kappa shape index (κ3) is 3.34. The lowest BCUT2D eigenvalue weighted by Crippen LogP contribution is -2.33. The zero-order chi connectivity index (χ0) is 12.3. The van der Waals surface area contributed by atoms with E-state index in [1.807, 2.05) is 0 Å². The summed E-state index contributed by atoms with van der Waals surface area (Å²) in [5.41, 5.74) is 0.492. The van der Waals surface area contributed by atoms with E-state index in [4.69, 9.17) is 0 Å². The van der Waals surface area contributed by atoms with Crippen molar-refractivity contribution in [3.8, 4) is 0 Å². The Balaban J connectivity index is 2.73. The van der Waals surface area contributed by atoms with Crippen LogP contribution in [-0.4, -0.2) is 24.9 Å². The van der Waals surface area contributed by atoms with E-state index in [1.165, 1.54) is 6.07 Å². The summed E-state index contributed by atoms with van der Waals surface area (Å²) in [4.78, 5) is 22.2. The largest absolute Gasteiger partial charge is 0.405 e. The summed E-state index contributed by atoms with van der Waals surface area (Å²) in [7, 11) is 0. The Morgan fingerprint density at radius 1 is 1.56 bits per heavy atom. The Bertz CT molecular complexity index is 411. The smallest absolute Gasteiger partial charge is 0.342 e. The molecule has 0 saturated heterocycles. The van der Waals surface area contributed by atoms with E-state index < -0.39 is 18.6 Å². The van der Waals surface area contributed by atoms with E-state index >= 15 is 0 Å². The van der Waals surface area contributed by atoms with Gasteiger partial charge in [0.2, 0.25) is 0 Å². The number of carbonyl (C=O) groups excluding carboxylic acids is 2. The van der Waals surface area contributed by atoms with Crippen molar-refractivity contribution in [1.82, 2.24) is 5.32 Å². The number of alkyl halides is 3. The van der Waals surface area contributed by atoms with Crippen LogP contribution in [0, 0.1) is 6.92 Å². The fourth-order valence-corrected chi connectivity index (χ4v) is 1.96. The molecule has 0 unspecified atom stereocenters. The van der Waals surface area contributed by atoms with Crippen molar-refractivity contribution in [2.75, 3.05) is 6.54 Å². The van der Waals surface area contributed by atoms with Crippen LogP contribution in [-0.2, 0) is 0 Å². The first-order chi connectivity index (χ1) is 7.33. The highest BCUT2D eigenvalue weighted by atomic mass is 32.1. The number of aldehydes is 1. The van der Waals surface area contributed by atoms with E-state index in [-0.39, 0.29) is 4.88 Å². The molecule has 0 atom stereocenters. The topological polar surface area (TPSA) is 46.2 Å². The molecule has 1 aromatic rings. The van der Waals surface area contributed by atoms with E-state index in [1.54, 1.807) is 12.2 Å². The summed E-state index contributed by atoms with van der Waals surface area (Å²) in [5.74, 6) is -0.812. The Kier molecular flexibility index (Phi) is 3.69. The van der Waals surface area contributed by atoms with Crippen molar-refractivity contribution in [1.29, 1.82) is 0 Å². The third-order valence-corrected chi connectivity index (χ3v) is 2.87. The predicted molar refractivity (Wildman–Crippen MR) is 52.8 cm³/mol. The van der Waals surface area contributed by atoms with Gasteiger partial charge in [0, 0.05) is 0 Å². The van der Waals surface area contributed by atoms with Gasteiger partial charge >= 0.3 is 6.18 Å². The summed E-state index contributed by atoms with van der Waals surface area (Å²) in [5, 5.41) is 1.75. The Labute approximate surface area is 93.3 Å². The second kappa shape index (κ2) is 4.65. The summed E-state index contributed by atoms with van der Waals surface area (Å²) in [6.45, 7) is 0.186. The molecule has 1 rings (SSSR count).